The molecule has 2 aromatic carbocycles. The van der Waals surface area contributed by atoms with Crippen LogP contribution in [0, 0.1) is 10.5 Å². The Kier molecular flexibility index (Phi) is 5.35. The van der Waals surface area contributed by atoms with Crippen molar-refractivity contribution in [3.8, 4) is 0 Å². The summed E-state index contributed by atoms with van der Waals surface area (Å²) in [6.45, 7) is 4.23. The second-order valence-corrected chi connectivity index (χ2v) is 6.14. The highest BCUT2D eigenvalue weighted by Gasteiger charge is 2.13. The van der Waals surface area contributed by atoms with Crippen LogP contribution < -0.4 is 0 Å². The van der Waals surface area contributed by atoms with Crippen LogP contribution in [0.25, 0.3) is 0 Å². The van der Waals surface area contributed by atoms with Gasteiger partial charge >= 0.3 is 0 Å². The fraction of sp³-hybridized carbons (Fsp3) is 0.278. The molecule has 0 heterocycles. The minimum atomic E-state index is 0.111. The van der Waals surface area contributed by atoms with Gasteiger partial charge in [-0.05, 0) is 59.5 Å². The van der Waals surface area contributed by atoms with E-state index in [2.05, 4.69) is 41.6 Å². The molecule has 0 unspecified atom stereocenters. The van der Waals surface area contributed by atoms with Crippen molar-refractivity contribution in [3.63, 3.8) is 0 Å². The van der Waals surface area contributed by atoms with E-state index >= 15 is 0 Å². The third kappa shape index (κ3) is 3.48. The SMILES string of the molecule is CCCCc1ccc(C(=O)c2cccc(C)c2I)cc1. The second kappa shape index (κ2) is 7.02. The molecule has 2 rings (SSSR count). The van der Waals surface area contributed by atoms with Crippen LogP contribution in [0.4, 0.5) is 0 Å². The Hall–Kier alpha value is -1.16. The minimum absolute atomic E-state index is 0.111. The van der Waals surface area contributed by atoms with Gasteiger partial charge in [0.15, 0.2) is 5.78 Å². The topological polar surface area (TPSA) is 17.1 Å². The number of carbonyl (C=O) groups excluding carboxylic acids is 1. The number of unbranched alkanes of at least 4 members (excludes halogenated alkanes) is 1. The molecule has 0 aliphatic carbocycles. The molecule has 0 fully saturated rings. The number of halogens is 1. The lowest BCUT2D eigenvalue weighted by atomic mass is 9.99. The van der Waals surface area contributed by atoms with E-state index in [1.54, 1.807) is 0 Å². The first-order chi connectivity index (χ1) is 9.63. The number of hydrogen-bond donors (Lipinski definition) is 0. The van der Waals surface area contributed by atoms with Crippen molar-refractivity contribution in [1.82, 2.24) is 0 Å². The standard InChI is InChI=1S/C18H19IO/c1-3-4-7-14-9-11-15(12-10-14)18(20)16-8-5-6-13(2)17(16)19/h5-6,8-12H,3-4,7H2,1-2H3. The third-order valence-corrected chi connectivity index (χ3v) is 4.90. The molecule has 0 aliphatic rings. The average Bonchev–Trinajstić information content (AvgIpc) is 2.48. The Morgan fingerprint density at radius 2 is 1.80 bits per heavy atom. The van der Waals surface area contributed by atoms with Gasteiger partial charge in [0, 0.05) is 14.7 Å². The van der Waals surface area contributed by atoms with E-state index in [9.17, 15) is 4.79 Å². The molecule has 0 N–H and O–H groups in total. The molecule has 0 aliphatic heterocycles. The van der Waals surface area contributed by atoms with Gasteiger partial charge in [0.25, 0.3) is 0 Å². The fourth-order valence-electron chi connectivity index (χ4n) is 2.18. The summed E-state index contributed by atoms with van der Waals surface area (Å²) in [6.07, 6.45) is 3.48. The van der Waals surface area contributed by atoms with Gasteiger partial charge in [-0.2, -0.15) is 0 Å². The molecule has 0 saturated heterocycles. The van der Waals surface area contributed by atoms with Crippen LogP contribution in [0.5, 0.6) is 0 Å². The normalized spacial score (nSPS) is 10.6. The van der Waals surface area contributed by atoms with E-state index in [1.807, 2.05) is 37.3 Å². The summed E-state index contributed by atoms with van der Waals surface area (Å²) in [6, 6.07) is 13.9. The summed E-state index contributed by atoms with van der Waals surface area (Å²) in [7, 11) is 0. The first kappa shape index (κ1) is 15.2. The van der Waals surface area contributed by atoms with Crippen molar-refractivity contribution < 1.29 is 4.79 Å². The maximum atomic E-state index is 12.5. The van der Waals surface area contributed by atoms with Crippen LogP contribution >= 0.6 is 22.6 Å². The molecule has 0 radical (unpaired) electrons. The van der Waals surface area contributed by atoms with Gasteiger partial charge in [0.1, 0.15) is 0 Å². The molecule has 0 spiro atoms. The third-order valence-electron chi connectivity index (χ3n) is 3.47. The van der Waals surface area contributed by atoms with Crippen LogP contribution in [0.1, 0.15) is 46.8 Å². The summed E-state index contributed by atoms with van der Waals surface area (Å²) < 4.78 is 1.05. The average molecular weight is 378 g/mol. The summed E-state index contributed by atoms with van der Waals surface area (Å²) in [5.74, 6) is 0.111. The number of benzene rings is 2. The fourth-order valence-corrected chi connectivity index (χ4v) is 2.79. The first-order valence-electron chi connectivity index (χ1n) is 7.02. The van der Waals surface area contributed by atoms with Crippen LogP contribution in [-0.2, 0) is 6.42 Å². The Morgan fingerprint density at radius 1 is 1.10 bits per heavy atom. The van der Waals surface area contributed by atoms with Crippen LogP contribution in [0.3, 0.4) is 0 Å². The zero-order valence-electron chi connectivity index (χ0n) is 11.9. The van der Waals surface area contributed by atoms with Crippen molar-refractivity contribution in [1.29, 1.82) is 0 Å². The first-order valence-corrected chi connectivity index (χ1v) is 8.10. The molecule has 0 aromatic heterocycles. The summed E-state index contributed by atoms with van der Waals surface area (Å²) in [5, 5.41) is 0. The summed E-state index contributed by atoms with van der Waals surface area (Å²) in [4.78, 5) is 12.5. The number of rotatable bonds is 5. The Morgan fingerprint density at radius 3 is 2.45 bits per heavy atom. The van der Waals surface area contributed by atoms with Crippen molar-refractivity contribution in [2.45, 2.75) is 33.1 Å². The van der Waals surface area contributed by atoms with Gasteiger partial charge in [0.2, 0.25) is 0 Å². The Labute approximate surface area is 134 Å². The summed E-state index contributed by atoms with van der Waals surface area (Å²) >= 11 is 2.25. The molecule has 0 atom stereocenters. The zero-order chi connectivity index (χ0) is 14.5. The van der Waals surface area contributed by atoms with Crippen LogP contribution in [0.15, 0.2) is 42.5 Å². The van der Waals surface area contributed by atoms with E-state index in [1.165, 1.54) is 18.4 Å². The van der Waals surface area contributed by atoms with Gasteiger partial charge in [0.05, 0.1) is 0 Å². The van der Waals surface area contributed by atoms with Gasteiger partial charge in [-0.15, -0.1) is 0 Å². The quantitative estimate of drug-likeness (QED) is 0.518. The van der Waals surface area contributed by atoms with Gasteiger partial charge < -0.3 is 0 Å². The number of aryl methyl sites for hydroxylation is 2. The van der Waals surface area contributed by atoms with Crippen molar-refractivity contribution >= 4 is 28.4 Å². The molecular weight excluding hydrogens is 359 g/mol. The highest BCUT2D eigenvalue weighted by atomic mass is 127. The van der Waals surface area contributed by atoms with E-state index in [0.717, 1.165) is 26.7 Å². The number of ketones is 1. The molecule has 20 heavy (non-hydrogen) atoms. The van der Waals surface area contributed by atoms with E-state index in [-0.39, 0.29) is 5.78 Å². The lowest BCUT2D eigenvalue weighted by Crippen LogP contribution is -2.04. The van der Waals surface area contributed by atoms with E-state index in [0.29, 0.717) is 0 Å². The lowest BCUT2D eigenvalue weighted by molar-refractivity contribution is 0.103. The number of carbonyl (C=O) groups is 1. The predicted molar refractivity (Wildman–Crippen MR) is 92.4 cm³/mol. The van der Waals surface area contributed by atoms with Crippen molar-refractivity contribution in [2.24, 2.45) is 0 Å². The van der Waals surface area contributed by atoms with Crippen LogP contribution in [-0.4, -0.2) is 5.78 Å². The molecule has 0 amide bonds. The van der Waals surface area contributed by atoms with Gasteiger partial charge in [-0.3, -0.25) is 4.79 Å². The predicted octanol–water partition coefficient (Wildman–Crippen LogP) is 5.17. The Bertz CT molecular complexity index is 599. The van der Waals surface area contributed by atoms with Gasteiger partial charge in [-0.1, -0.05) is 49.7 Å². The molecule has 104 valence electrons. The summed E-state index contributed by atoms with van der Waals surface area (Å²) in [5.41, 5.74) is 4.03. The molecule has 1 nitrogen and oxygen atoms in total. The maximum Gasteiger partial charge on any atom is 0.194 e. The zero-order valence-corrected chi connectivity index (χ0v) is 14.1. The minimum Gasteiger partial charge on any atom is -0.289 e. The lowest BCUT2D eigenvalue weighted by Gasteiger charge is -2.07. The number of hydrogen-bond acceptors (Lipinski definition) is 1. The largest absolute Gasteiger partial charge is 0.289 e. The Balaban J connectivity index is 2.23. The maximum absolute atomic E-state index is 12.5. The smallest absolute Gasteiger partial charge is 0.194 e. The molecule has 2 aromatic rings. The van der Waals surface area contributed by atoms with Crippen molar-refractivity contribution in [2.75, 3.05) is 0 Å². The van der Waals surface area contributed by atoms with Gasteiger partial charge in [-0.25, -0.2) is 0 Å². The molecular formula is C18H19IO. The van der Waals surface area contributed by atoms with Crippen molar-refractivity contribution in [3.05, 3.63) is 68.3 Å². The second-order valence-electron chi connectivity index (χ2n) is 5.07. The monoisotopic (exact) mass is 378 g/mol. The van der Waals surface area contributed by atoms with Crippen LogP contribution in [0.2, 0.25) is 0 Å². The highest BCUT2D eigenvalue weighted by Crippen LogP contribution is 2.20. The van der Waals surface area contributed by atoms with E-state index in [4.69, 9.17) is 0 Å². The highest BCUT2D eigenvalue weighted by molar-refractivity contribution is 14.1. The molecule has 0 saturated carbocycles. The molecule has 2 heteroatoms. The molecule has 0 bridgehead atoms. The van der Waals surface area contributed by atoms with E-state index < -0.39 is 0 Å².